The summed E-state index contributed by atoms with van der Waals surface area (Å²) in [7, 11) is 0. The van der Waals surface area contributed by atoms with Crippen molar-refractivity contribution in [1.29, 1.82) is 0 Å². The third-order valence-electron chi connectivity index (χ3n) is 3.60. The molecule has 0 bridgehead atoms. The van der Waals surface area contributed by atoms with Crippen LogP contribution in [0.3, 0.4) is 0 Å². The minimum absolute atomic E-state index is 0.357. The lowest BCUT2D eigenvalue weighted by atomic mass is 10.0. The van der Waals surface area contributed by atoms with Gasteiger partial charge in [-0.05, 0) is 25.0 Å². The summed E-state index contributed by atoms with van der Waals surface area (Å²) in [5.41, 5.74) is 3.94. The summed E-state index contributed by atoms with van der Waals surface area (Å²) in [6.07, 6.45) is 0.933. The molecule has 3 rings (SSSR count). The molecule has 0 aliphatic carbocycles. The van der Waals surface area contributed by atoms with Crippen LogP contribution in [-0.4, -0.2) is 28.7 Å². The minimum Gasteiger partial charge on any atom is -0.321 e. The van der Waals surface area contributed by atoms with Gasteiger partial charge in [0.2, 0.25) is 5.91 Å². The normalized spacial score (nSPS) is 21.6. The van der Waals surface area contributed by atoms with Gasteiger partial charge < -0.3 is 5.32 Å². The quantitative estimate of drug-likeness (QED) is 0.615. The summed E-state index contributed by atoms with van der Waals surface area (Å²) in [5.74, 6) is -1.18. The van der Waals surface area contributed by atoms with Crippen molar-refractivity contribution in [2.75, 3.05) is 0 Å². The summed E-state index contributed by atoms with van der Waals surface area (Å²) in [4.78, 5) is 37.7. The van der Waals surface area contributed by atoms with E-state index in [-0.39, 0.29) is 5.91 Å². The fourth-order valence-corrected chi connectivity index (χ4v) is 2.58. The molecule has 1 aromatic rings. The van der Waals surface area contributed by atoms with E-state index in [0.717, 1.165) is 4.90 Å². The maximum absolute atomic E-state index is 12.3. The van der Waals surface area contributed by atoms with Gasteiger partial charge in [0.25, 0.3) is 11.8 Å². The van der Waals surface area contributed by atoms with Crippen LogP contribution in [0, 0.1) is 0 Å². The average molecular weight is 268 g/mol. The first kappa shape index (κ1) is 12.4. The van der Waals surface area contributed by atoms with Crippen LogP contribution in [0.5, 0.6) is 0 Å². The van der Waals surface area contributed by atoms with Gasteiger partial charge in [0.15, 0.2) is 0 Å². The molecule has 0 aromatic heterocycles. The van der Waals surface area contributed by atoms with E-state index in [9.17, 15) is 14.4 Å². The fraction of sp³-hybridized carbons (Fsp3) is 0.200. The number of piperidine rings is 1. The van der Waals surface area contributed by atoms with Gasteiger partial charge in [-0.15, -0.1) is 5.73 Å². The number of carbonyl (C=O) groups excluding carboxylic acids is 3. The average Bonchev–Trinajstić information content (AvgIpc) is 2.72. The van der Waals surface area contributed by atoms with Crippen LogP contribution in [0.15, 0.2) is 42.3 Å². The summed E-state index contributed by atoms with van der Waals surface area (Å²) in [5, 5.41) is 2.62. The van der Waals surface area contributed by atoms with Crippen LogP contribution in [0.1, 0.15) is 33.6 Å². The molecule has 5 nitrogen and oxygen atoms in total. The molecule has 3 amide bonds. The number of amides is 3. The lowest BCUT2D eigenvalue weighted by molar-refractivity contribution is -0.125. The standard InChI is InChI=1S/C15H12N2O3/c1-2-9-7-8-12(13(18)16-9)17-14(19)10-5-3-4-6-11(10)15(17)20/h3-6,12H,1,7-8H2,(H,16,18). The van der Waals surface area contributed by atoms with Gasteiger partial charge in [-0.1, -0.05) is 18.7 Å². The number of carbonyl (C=O) groups is 3. The molecule has 1 aromatic carbocycles. The van der Waals surface area contributed by atoms with E-state index in [1.54, 1.807) is 24.3 Å². The highest BCUT2D eigenvalue weighted by molar-refractivity contribution is 6.22. The van der Waals surface area contributed by atoms with Crippen molar-refractivity contribution in [2.24, 2.45) is 0 Å². The molecule has 1 fully saturated rings. The maximum atomic E-state index is 12.3. The van der Waals surface area contributed by atoms with Crippen molar-refractivity contribution in [3.8, 4) is 0 Å². The summed E-state index contributed by atoms with van der Waals surface area (Å²) >= 11 is 0. The Morgan fingerprint density at radius 3 is 2.25 bits per heavy atom. The number of benzene rings is 1. The van der Waals surface area contributed by atoms with Crippen LogP contribution in [0.2, 0.25) is 0 Å². The summed E-state index contributed by atoms with van der Waals surface area (Å²) in [6.45, 7) is 3.48. The number of hydrogen-bond donors (Lipinski definition) is 1. The fourth-order valence-electron chi connectivity index (χ4n) is 2.58. The van der Waals surface area contributed by atoms with E-state index < -0.39 is 17.9 Å². The molecule has 1 atom stereocenters. The van der Waals surface area contributed by atoms with Crippen LogP contribution in [0.25, 0.3) is 0 Å². The van der Waals surface area contributed by atoms with E-state index in [1.807, 2.05) is 0 Å². The molecule has 1 N–H and O–H groups in total. The Labute approximate surface area is 115 Å². The zero-order valence-corrected chi connectivity index (χ0v) is 10.7. The Morgan fingerprint density at radius 1 is 1.15 bits per heavy atom. The highest BCUT2D eigenvalue weighted by Gasteiger charge is 2.43. The third kappa shape index (κ3) is 1.68. The second-order valence-corrected chi connectivity index (χ2v) is 4.72. The minimum atomic E-state index is -0.764. The SMILES string of the molecule is C=C=C1CCC(N2C(=O)c3ccccc3C2=O)C(=O)N1. The largest absolute Gasteiger partial charge is 0.321 e. The first-order chi connectivity index (χ1) is 9.63. The summed E-state index contributed by atoms with van der Waals surface area (Å²) in [6, 6.07) is 5.84. The monoisotopic (exact) mass is 268 g/mol. The van der Waals surface area contributed by atoms with Gasteiger partial charge in [0.1, 0.15) is 6.04 Å². The Bertz CT molecular complexity index is 651. The third-order valence-corrected chi connectivity index (χ3v) is 3.60. The number of allylic oxidation sites excluding steroid dienone is 1. The Morgan fingerprint density at radius 2 is 1.75 bits per heavy atom. The van der Waals surface area contributed by atoms with Crippen molar-refractivity contribution < 1.29 is 14.4 Å². The van der Waals surface area contributed by atoms with Gasteiger partial charge >= 0.3 is 0 Å². The Hall–Kier alpha value is -2.65. The lowest BCUT2D eigenvalue weighted by Gasteiger charge is -2.29. The predicted octanol–water partition coefficient (Wildman–Crippen LogP) is 1.23. The van der Waals surface area contributed by atoms with E-state index >= 15 is 0 Å². The highest BCUT2D eigenvalue weighted by atomic mass is 16.2. The van der Waals surface area contributed by atoms with Crippen LogP contribution in [0.4, 0.5) is 0 Å². The van der Waals surface area contributed by atoms with Gasteiger partial charge in [-0.25, -0.2) is 0 Å². The second-order valence-electron chi connectivity index (χ2n) is 4.72. The van der Waals surface area contributed by atoms with Crippen LogP contribution >= 0.6 is 0 Å². The van der Waals surface area contributed by atoms with Crippen molar-refractivity contribution in [2.45, 2.75) is 18.9 Å². The number of imide groups is 1. The van der Waals surface area contributed by atoms with Crippen molar-refractivity contribution >= 4 is 17.7 Å². The molecule has 0 saturated carbocycles. The molecule has 2 aliphatic heterocycles. The maximum Gasteiger partial charge on any atom is 0.262 e. The number of fused-ring (bicyclic) bond motifs is 1. The van der Waals surface area contributed by atoms with E-state index in [2.05, 4.69) is 17.6 Å². The lowest BCUT2D eigenvalue weighted by Crippen LogP contribution is -2.51. The predicted molar refractivity (Wildman–Crippen MR) is 70.8 cm³/mol. The van der Waals surface area contributed by atoms with E-state index in [0.29, 0.717) is 29.7 Å². The van der Waals surface area contributed by atoms with Crippen molar-refractivity contribution in [3.05, 3.63) is 53.4 Å². The molecule has 5 heteroatoms. The Balaban J connectivity index is 1.94. The first-order valence-electron chi connectivity index (χ1n) is 6.30. The molecular formula is C15H12N2O3. The van der Waals surface area contributed by atoms with Gasteiger partial charge in [0.05, 0.1) is 16.8 Å². The number of nitrogens with zero attached hydrogens (tertiary/aromatic N) is 1. The smallest absolute Gasteiger partial charge is 0.262 e. The molecule has 2 aliphatic rings. The van der Waals surface area contributed by atoms with Crippen molar-refractivity contribution in [3.63, 3.8) is 0 Å². The first-order valence-corrected chi connectivity index (χ1v) is 6.30. The molecule has 100 valence electrons. The molecule has 0 spiro atoms. The van der Waals surface area contributed by atoms with Gasteiger partial charge in [-0.2, -0.15) is 0 Å². The van der Waals surface area contributed by atoms with E-state index in [4.69, 9.17) is 0 Å². The molecule has 0 radical (unpaired) electrons. The van der Waals surface area contributed by atoms with Gasteiger partial charge in [-0.3, -0.25) is 19.3 Å². The summed E-state index contributed by atoms with van der Waals surface area (Å²) < 4.78 is 0. The molecule has 1 unspecified atom stereocenters. The zero-order chi connectivity index (χ0) is 14.3. The number of nitrogens with one attached hydrogen (secondary N) is 1. The Kier molecular flexibility index (Phi) is 2.77. The molecule has 2 heterocycles. The number of rotatable bonds is 1. The van der Waals surface area contributed by atoms with Gasteiger partial charge in [0, 0.05) is 0 Å². The highest BCUT2D eigenvalue weighted by Crippen LogP contribution is 2.28. The topological polar surface area (TPSA) is 66.5 Å². The second kappa shape index (κ2) is 4.47. The molecule has 1 saturated heterocycles. The van der Waals surface area contributed by atoms with E-state index in [1.165, 1.54) is 0 Å². The molecular weight excluding hydrogens is 256 g/mol. The van der Waals surface area contributed by atoms with Crippen LogP contribution in [-0.2, 0) is 4.79 Å². The van der Waals surface area contributed by atoms with Crippen LogP contribution < -0.4 is 5.32 Å². The van der Waals surface area contributed by atoms with Crippen molar-refractivity contribution in [1.82, 2.24) is 10.2 Å². The number of hydrogen-bond acceptors (Lipinski definition) is 3. The molecule has 20 heavy (non-hydrogen) atoms. The zero-order valence-electron chi connectivity index (χ0n) is 10.7.